The van der Waals surface area contributed by atoms with Gasteiger partial charge in [0.05, 0.1) is 11.1 Å². The Morgan fingerprint density at radius 1 is 1.15 bits per heavy atom. The molecule has 2 heterocycles. The van der Waals surface area contributed by atoms with Gasteiger partial charge in [-0.15, -0.1) is 0 Å². The van der Waals surface area contributed by atoms with Crippen molar-refractivity contribution >= 4 is 11.6 Å². The molecule has 5 heteroatoms. The van der Waals surface area contributed by atoms with Crippen LogP contribution in [0, 0.1) is 6.92 Å². The molecule has 3 aromatic rings. The number of aromatic nitrogens is 1. The second-order valence-corrected chi connectivity index (χ2v) is 6.86. The quantitative estimate of drug-likeness (QED) is 0.730. The van der Waals surface area contributed by atoms with Crippen LogP contribution in [0.5, 0.6) is 5.75 Å². The molecule has 4 rings (SSSR count). The number of hydrogen-bond acceptors (Lipinski definition) is 4. The fourth-order valence-electron chi connectivity index (χ4n) is 3.07. The third-order valence-corrected chi connectivity index (χ3v) is 4.59. The van der Waals surface area contributed by atoms with Gasteiger partial charge in [-0.3, -0.25) is 4.79 Å². The lowest BCUT2D eigenvalue weighted by Crippen LogP contribution is -2.16. The average Bonchev–Trinajstić information content (AvgIpc) is 3.07. The number of amides is 1. The first-order valence-corrected chi connectivity index (χ1v) is 8.66. The lowest BCUT2D eigenvalue weighted by atomic mass is 10.0. The van der Waals surface area contributed by atoms with Gasteiger partial charge in [0.1, 0.15) is 12.4 Å². The molecule has 1 aromatic heterocycles. The minimum absolute atomic E-state index is 0.264. The maximum absolute atomic E-state index is 12.7. The van der Waals surface area contributed by atoms with Crippen molar-refractivity contribution < 1.29 is 14.1 Å². The van der Waals surface area contributed by atoms with Crippen molar-refractivity contribution in [3.8, 4) is 17.1 Å². The Morgan fingerprint density at radius 2 is 1.92 bits per heavy atom. The van der Waals surface area contributed by atoms with Crippen molar-refractivity contribution in [3.63, 3.8) is 0 Å². The molecule has 0 aliphatic carbocycles. The topological polar surface area (TPSA) is 64.4 Å². The predicted molar refractivity (Wildman–Crippen MR) is 99.5 cm³/mol. The van der Waals surface area contributed by atoms with Crippen LogP contribution in [0.15, 0.2) is 47.0 Å². The van der Waals surface area contributed by atoms with E-state index in [1.165, 1.54) is 5.56 Å². The number of anilines is 1. The van der Waals surface area contributed by atoms with E-state index in [2.05, 4.69) is 24.3 Å². The zero-order chi connectivity index (χ0) is 18.3. The number of ether oxygens (including phenoxy) is 1. The fraction of sp³-hybridized carbons (Fsp3) is 0.238. The van der Waals surface area contributed by atoms with E-state index in [1.807, 2.05) is 49.4 Å². The van der Waals surface area contributed by atoms with Crippen molar-refractivity contribution in [2.75, 3.05) is 5.32 Å². The highest BCUT2D eigenvalue weighted by molar-refractivity contribution is 6.04. The molecule has 2 aromatic carbocycles. The molecule has 0 unspecified atom stereocenters. The summed E-state index contributed by atoms with van der Waals surface area (Å²) in [5.74, 6) is 1.50. The number of hydrogen-bond donors (Lipinski definition) is 1. The van der Waals surface area contributed by atoms with Gasteiger partial charge in [-0.2, -0.15) is 0 Å². The molecule has 132 valence electrons. The van der Waals surface area contributed by atoms with Gasteiger partial charge in [-0.05, 0) is 42.7 Å². The Labute approximate surface area is 152 Å². The Balaban J connectivity index is 1.61. The highest BCUT2D eigenvalue weighted by Crippen LogP contribution is 2.39. The third-order valence-electron chi connectivity index (χ3n) is 4.59. The first kappa shape index (κ1) is 16.4. The molecule has 1 amide bonds. The number of fused-ring (bicyclic) bond motifs is 3. The summed E-state index contributed by atoms with van der Waals surface area (Å²) < 4.78 is 11.3. The first-order chi connectivity index (χ1) is 12.5. The van der Waals surface area contributed by atoms with E-state index in [0.717, 1.165) is 22.6 Å². The van der Waals surface area contributed by atoms with Crippen molar-refractivity contribution in [3.05, 3.63) is 64.8 Å². The smallest absolute Gasteiger partial charge is 0.278 e. The molecule has 0 atom stereocenters. The largest absolute Gasteiger partial charge is 0.488 e. The van der Waals surface area contributed by atoms with Crippen LogP contribution in [0.3, 0.4) is 0 Å². The van der Waals surface area contributed by atoms with Gasteiger partial charge in [-0.25, -0.2) is 0 Å². The van der Waals surface area contributed by atoms with Gasteiger partial charge < -0.3 is 14.6 Å². The standard InChI is InChI=1S/C21H20N2O3/c1-12(2)14-5-7-15(8-6-14)22-21(24)19-17-11-25-18-9-4-13(3)10-16(18)20(17)26-23-19/h4-10,12H,11H2,1-3H3,(H,22,24). The molecule has 0 saturated carbocycles. The molecule has 0 radical (unpaired) electrons. The minimum atomic E-state index is -0.299. The van der Waals surface area contributed by atoms with Crippen LogP contribution in [0.2, 0.25) is 0 Å². The van der Waals surface area contributed by atoms with E-state index in [-0.39, 0.29) is 18.2 Å². The van der Waals surface area contributed by atoms with Gasteiger partial charge in [0.2, 0.25) is 0 Å². The van der Waals surface area contributed by atoms with Crippen molar-refractivity contribution in [2.45, 2.75) is 33.3 Å². The summed E-state index contributed by atoms with van der Waals surface area (Å²) >= 11 is 0. The maximum atomic E-state index is 12.7. The molecule has 0 bridgehead atoms. The molecule has 0 saturated heterocycles. The molecular weight excluding hydrogens is 328 g/mol. The van der Waals surface area contributed by atoms with Gasteiger partial charge in [-0.1, -0.05) is 42.8 Å². The summed E-state index contributed by atoms with van der Waals surface area (Å²) in [5, 5.41) is 6.88. The van der Waals surface area contributed by atoms with Gasteiger partial charge in [0, 0.05) is 5.69 Å². The Kier molecular flexibility index (Phi) is 3.99. The second-order valence-electron chi connectivity index (χ2n) is 6.86. The molecular formula is C21H20N2O3. The van der Waals surface area contributed by atoms with E-state index in [9.17, 15) is 4.79 Å². The highest BCUT2D eigenvalue weighted by atomic mass is 16.5. The summed E-state index contributed by atoms with van der Waals surface area (Å²) in [6.45, 7) is 6.53. The summed E-state index contributed by atoms with van der Waals surface area (Å²) in [7, 11) is 0. The van der Waals surface area contributed by atoms with E-state index < -0.39 is 0 Å². The second kappa shape index (κ2) is 6.33. The van der Waals surface area contributed by atoms with Crippen LogP contribution in [-0.4, -0.2) is 11.1 Å². The molecule has 1 N–H and O–H groups in total. The van der Waals surface area contributed by atoms with Crippen LogP contribution in [-0.2, 0) is 6.61 Å². The summed E-state index contributed by atoms with van der Waals surface area (Å²) in [4.78, 5) is 12.7. The first-order valence-electron chi connectivity index (χ1n) is 8.66. The summed E-state index contributed by atoms with van der Waals surface area (Å²) in [6.07, 6.45) is 0. The van der Waals surface area contributed by atoms with E-state index >= 15 is 0 Å². The lowest BCUT2D eigenvalue weighted by molar-refractivity contribution is 0.101. The van der Waals surface area contributed by atoms with Crippen LogP contribution in [0.25, 0.3) is 11.3 Å². The normalized spacial score (nSPS) is 12.3. The number of rotatable bonds is 3. The van der Waals surface area contributed by atoms with Gasteiger partial charge in [0.15, 0.2) is 11.5 Å². The van der Waals surface area contributed by atoms with Crippen LogP contribution in [0.1, 0.15) is 46.9 Å². The number of nitrogens with zero attached hydrogens (tertiary/aromatic N) is 1. The Morgan fingerprint density at radius 3 is 2.65 bits per heavy atom. The van der Waals surface area contributed by atoms with Crippen LogP contribution < -0.4 is 10.1 Å². The summed E-state index contributed by atoms with van der Waals surface area (Å²) in [5.41, 5.74) is 4.82. The third kappa shape index (κ3) is 2.86. The van der Waals surface area contributed by atoms with Crippen LogP contribution in [0.4, 0.5) is 5.69 Å². The Bertz CT molecular complexity index is 971. The van der Waals surface area contributed by atoms with Crippen molar-refractivity contribution in [2.24, 2.45) is 0 Å². The van der Waals surface area contributed by atoms with Gasteiger partial charge in [0.25, 0.3) is 5.91 Å². The zero-order valence-electron chi connectivity index (χ0n) is 15.0. The maximum Gasteiger partial charge on any atom is 0.278 e. The molecule has 5 nitrogen and oxygen atoms in total. The summed E-state index contributed by atoms with van der Waals surface area (Å²) in [6, 6.07) is 13.7. The number of aryl methyl sites for hydroxylation is 1. The molecule has 1 aliphatic rings. The van der Waals surface area contributed by atoms with Crippen molar-refractivity contribution in [1.29, 1.82) is 0 Å². The number of benzene rings is 2. The highest BCUT2D eigenvalue weighted by Gasteiger charge is 2.29. The molecule has 0 spiro atoms. The monoisotopic (exact) mass is 348 g/mol. The van der Waals surface area contributed by atoms with Crippen LogP contribution >= 0.6 is 0 Å². The Hall–Kier alpha value is -3.08. The number of carbonyl (C=O) groups excluding carboxylic acids is 1. The fourth-order valence-corrected chi connectivity index (χ4v) is 3.07. The van der Waals surface area contributed by atoms with E-state index in [0.29, 0.717) is 17.2 Å². The van der Waals surface area contributed by atoms with Crippen molar-refractivity contribution in [1.82, 2.24) is 5.16 Å². The SMILES string of the molecule is Cc1ccc2c(c1)-c1onc(C(=O)Nc3ccc(C(C)C)cc3)c1CO2. The van der Waals surface area contributed by atoms with E-state index in [1.54, 1.807) is 0 Å². The van der Waals surface area contributed by atoms with Gasteiger partial charge >= 0.3 is 0 Å². The lowest BCUT2D eigenvalue weighted by Gasteiger charge is -2.16. The number of nitrogens with one attached hydrogen (secondary N) is 1. The molecule has 26 heavy (non-hydrogen) atoms. The molecule has 0 fully saturated rings. The predicted octanol–water partition coefficient (Wildman–Crippen LogP) is 4.92. The van der Waals surface area contributed by atoms with E-state index in [4.69, 9.17) is 9.26 Å². The zero-order valence-corrected chi connectivity index (χ0v) is 15.0. The minimum Gasteiger partial charge on any atom is -0.488 e. The molecule has 1 aliphatic heterocycles. The average molecular weight is 348 g/mol. The number of carbonyl (C=O) groups is 1.